The summed E-state index contributed by atoms with van der Waals surface area (Å²) in [6.45, 7) is 7.26. The van der Waals surface area contributed by atoms with Crippen molar-refractivity contribution >= 4 is 39.8 Å². The molecule has 1 aliphatic rings. The Bertz CT molecular complexity index is 1250. The molecule has 6 nitrogen and oxygen atoms in total. The summed E-state index contributed by atoms with van der Waals surface area (Å²) in [6.07, 6.45) is 1.75. The molecule has 1 fully saturated rings. The van der Waals surface area contributed by atoms with E-state index < -0.39 is 0 Å². The number of hydrogen-bond acceptors (Lipinski definition) is 6. The van der Waals surface area contributed by atoms with Gasteiger partial charge in [0.05, 0.1) is 24.7 Å². The topological polar surface area (TPSA) is 65.1 Å². The summed E-state index contributed by atoms with van der Waals surface area (Å²) >= 11 is 0.931. The van der Waals surface area contributed by atoms with Crippen LogP contribution in [0.2, 0.25) is 0 Å². The Hall–Kier alpha value is -3.45. The third-order valence-corrected chi connectivity index (χ3v) is 6.24. The van der Waals surface area contributed by atoms with Crippen LogP contribution in [-0.4, -0.2) is 42.4 Å². The van der Waals surface area contributed by atoms with E-state index >= 15 is 0 Å². The zero-order chi connectivity index (χ0) is 24.1. The van der Waals surface area contributed by atoms with E-state index in [9.17, 15) is 9.59 Å². The lowest BCUT2D eigenvalue weighted by Crippen LogP contribution is -2.32. The number of thioether (sulfide) groups is 1. The zero-order valence-corrected chi connectivity index (χ0v) is 20.3. The Morgan fingerprint density at radius 2 is 1.68 bits per heavy atom. The molecule has 0 aliphatic carbocycles. The number of ether oxygens (including phenoxy) is 3. The molecule has 7 heteroatoms. The lowest BCUT2D eigenvalue weighted by Gasteiger charge is -2.14. The number of carbonyl (C=O) groups excluding carboxylic acids is 2. The predicted molar refractivity (Wildman–Crippen MR) is 136 cm³/mol. The van der Waals surface area contributed by atoms with Crippen LogP contribution in [0.1, 0.15) is 25.0 Å². The highest BCUT2D eigenvalue weighted by molar-refractivity contribution is 8.18. The molecule has 0 radical (unpaired) electrons. The molecule has 34 heavy (non-hydrogen) atoms. The zero-order valence-electron chi connectivity index (χ0n) is 19.5. The van der Waals surface area contributed by atoms with E-state index in [0.717, 1.165) is 39.4 Å². The first kappa shape index (κ1) is 23.7. The minimum Gasteiger partial charge on any atom is -0.494 e. The molecule has 1 saturated heterocycles. The van der Waals surface area contributed by atoms with Crippen LogP contribution in [0.3, 0.4) is 0 Å². The molecular weight excluding hydrogens is 450 g/mol. The average molecular weight is 478 g/mol. The van der Waals surface area contributed by atoms with Crippen molar-refractivity contribution in [3.8, 4) is 17.2 Å². The van der Waals surface area contributed by atoms with Crippen molar-refractivity contribution in [3.63, 3.8) is 0 Å². The Morgan fingerprint density at radius 1 is 0.912 bits per heavy atom. The number of hydrogen-bond donors (Lipinski definition) is 0. The Balaban J connectivity index is 1.59. The van der Waals surface area contributed by atoms with Crippen molar-refractivity contribution < 1.29 is 23.8 Å². The van der Waals surface area contributed by atoms with Gasteiger partial charge in [0, 0.05) is 5.56 Å². The first-order valence-corrected chi connectivity index (χ1v) is 12.1. The van der Waals surface area contributed by atoms with Crippen LogP contribution in [0.4, 0.5) is 4.79 Å². The lowest BCUT2D eigenvalue weighted by molar-refractivity contribution is -0.123. The Labute approximate surface area is 203 Å². The van der Waals surface area contributed by atoms with Crippen molar-refractivity contribution in [2.75, 3.05) is 26.4 Å². The van der Waals surface area contributed by atoms with E-state index in [1.165, 1.54) is 4.90 Å². The second kappa shape index (κ2) is 10.7. The molecular formula is C27H27NO5S. The molecule has 1 aliphatic heterocycles. The van der Waals surface area contributed by atoms with Gasteiger partial charge in [-0.25, -0.2) is 0 Å². The van der Waals surface area contributed by atoms with Crippen LogP contribution in [-0.2, 0) is 4.79 Å². The van der Waals surface area contributed by atoms with Crippen LogP contribution in [0.15, 0.2) is 59.5 Å². The minimum absolute atomic E-state index is 0.179. The molecule has 176 valence electrons. The number of benzene rings is 3. The molecule has 0 N–H and O–H groups in total. The number of carbonyl (C=O) groups is 2. The molecule has 0 saturated carbocycles. The summed E-state index contributed by atoms with van der Waals surface area (Å²) < 4.78 is 17.3. The van der Waals surface area contributed by atoms with E-state index in [2.05, 4.69) is 0 Å². The van der Waals surface area contributed by atoms with Gasteiger partial charge in [0.15, 0.2) is 0 Å². The maximum Gasteiger partial charge on any atom is 0.293 e. The van der Waals surface area contributed by atoms with E-state index in [1.807, 2.05) is 75.4 Å². The maximum absolute atomic E-state index is 13.1. The predicted octanol–water partition coefficient (Wildman–Crippen LogP) is 6.06. The Kier molecular flexibility index (Phi) is 7.43. The highest BCUT2D eigenvalue weighted by atomic mass is 32.2. The van der Waals surface area contributed by atoms with E-state index in [1.54, 1.807) is 6.08 Å². The summed E-state index contributed by atoms with van der Waals surface area (Å²) in [7, 11) is 0. The third kappa shape index (κ3) is 5.20. The summed E-state index contributed by atoms with van der Waals surface area (Å²) in [5.74, 6) is 1.77. The Morgan fingerprint density at radius 3 is 2.44 bits per heavy atom. The van der Waals surface area contributed by atoms with Gasteiger partial charge in [0.25, 0.3) is 11.1 Å². The van der Waals surface area contributed by atoms with Crippen LogP contribution in [0.5, 0.6) is 17.2 Å². The van der Waals surface area contributed by atoms with E-state index in [0.29, 0.717) is 29.6 Å². The second-order valence-corrected chi connectivity index (χ2v) is 8.72. The maximum atomic E-state index is 13.1. The van der Waals surface area contributed by atoms with Gasteiger partial charge in [-0.3, -0.25) is 14.5 Å². The van der Waals surface area contributed by atoms with Crippen molar-refractivity contribution in [2.24, 2.45) is 0 Å². The number of nitrogens with zero attached hydrogens (tertiary/aromatic N) is 1. The SMILES string of the molecule is CCOc1ccc2ccc(OCC)c(/C=C3\SC(=O)N(CCOc4cccc(C)c4)C3=O)c2c1. The number of amides is 2. The second-order valence-electron chi connectivity index (χ2n) is 7.72. The van der Waals surface area contributed by atoms with Crippen LogP contribution in [0, 0.1) is 6.92 Å². The van der Waals surface area contributed by atoms with Crippen molar-refractivity contribution in [2.45, 2.75) is 20.8 Å². The smallest absolute Gasteiger partial charge is 0.293 e. The number of aryl methyl sites for hydroxylation is 1. The van der Waals surface area contributed by atoms with Gasteiger partial charge in [-0.15, -0.1) is 0 Å². The van der Waals surface area contributed by atoms with Gasteiger partial charge in [-0.2, -0.15) is 0 Å². The van der Waals surface area contributed by atoms with Crippen LogP contribution < -0.4 is 14.2 Å². The minimum atomic E-state index is -0.330. The average Bonchev–Trinajstić information content (AvgIpc) is 3.08. The van der Waals surface area contributed by atoms with Gasteiger partial charge in [-0.1, -0.05) is 24.3 Å². The molecule has 0 spiro atoms. The summed E-state index contributed by atoms with van der Waals surface area (Å²) in [5.41, 5.74) is 1.83. The van der Waals surface area contributed by atoms with Gasteiger partial charge < -0.3 is 14.2 Å². The fraction of sp³-hybridized carbons (Fsp3) is 0.259. The van der Waals surface area contributed by atoms with Gasteiger partial charge in [0.2, 0.25) is 0 Å². The molecule has 4 rings (SSSR count). The first-order valence-electron chi connectivity index (χ1n) is 11.3. The largest absolute Gasteiger partial charge is 0.494 e. The lowest BCUT2D eigenvalue weighted by atomic mass is 10.0. The molecule has 1 heterocycles. The third-order valence-electron chi connectivity index (χ3n) is 5.33. The van der Waals surface area contributed by atoms with Gasteiger partial charge in [-0.05, 0) is 85.3 Å². The van der Waals surface area contributed by atoms with Crippen LogP contribution in [0.25, 0.3) is 16.8 Å². The summed E-state index contributed by atoms with van der Waals surface area (Å²) in [5, 5.41) is 1.58. The summed E-state index contributed by atoms with van der Waals surface area (Å²) in [6, 6.07) is 17.3. The molecule has 3 aromatic rings. The monoisotopic (exact) mass is 477 g/mol. The highest BCUT2D eigenvalue weighted by Gasteiger charge is 2.35. The highest BCUT2D eigenvalue weighted by Crippen LogP contribution is 2.37. The van der Waals surface area contributed by atoms with Crippen molar-refractivity contribution in [1.82, 2.24) is 4.90 Å². The van der Waals surface area contributed by atoms with Gasteiger partial charge in [0.1, 0.15) is 23.9 Å². The fourth-order valence-electron chi connectivity index (χ4n) is 3.77. The van der Waals surface area contributed by atoms with Crippen molar-refractivity contribution in [1.29, 1.82) is 0 Å². The summed E-state index contributed by atoms with van der Waals surface area (Å²) in [4.78, 5) is 27.3. The normalized spacial score (nSPS) is 14.8. The van der Waals surface area contributed by atoms with Crippen molar-refractivity contribution in [3.05, 3.63) is 70.6 Å². The van der Waals surface area contributed by atoms with Crippen LogP contribution >= 0.6 is 11.8 Å². The quantitative estimate of drug-likeness (QED) is 0.349. The fourth-order valence-corrected chi connectivity index (χ4v) is 4.62. The molecule has 0 aromatic heterocycles. The molecule has 0 unspecified atom stereocenters. The van der Waals surface area contributed by atoms with E-state index in [-0.39, 0.29) is 24.3 Å². The number of imide groups is 1. The number of fused-ring (bicyclic) bond motifs is 1. The molecule has 0 bridgehead atoms. The molecule has 2 amide bonds. The first-order chi connectivity index (χ1) is 16.5. The standard InChI is InChI=1S/C27H27NO5S/c1-4-31-21-11-9-19-10-12-24(32-5-2)23(22(19)16-21)17-25-26(29)28(27(30)34-25)13-14-33-20-8-6-7-18(3)15-20/h6-12,15-17H,4-5,13-14H2,1-3H3/b25-17-. The number of rotatable bonds is 9. The molecule has 0 atom stereocenters. The van der Waals surface area contributed by atoms with Gasteiger partial charge >= 0.3 is 0 Å². The molecule has 3 aromatic carbocycles. The van der Waals surface area contributed by atoms with E-state index in [4.69, 9.17) is 14.2 Å².